The summed E-state index contributed by atoms with van der Waals surface area (Å²) in [7, 11) is -2.46. The van der Waals surface area contributed by atoms with Crippen LogP contribution in [0, 0.1) is 6.57 Å². The van der Waals surface area contributed by atoms with Crippen LogP contribution >= 0.6 is 11.3 Å². The van der Waals surface area contributed by atoms with Crippen molar-refractivity contribution in [2.45, 2.75) is 0 Å². The average molecular weight is 490 g/mol. The quantitative estimate of drug-likeness (QED) is 0.231. The van der Waals surface area contributed by atoms with Gasteiger partial charge < -0.3 is 14.2 Å². The van der Waals surface area contributed by atoms with E-state index in [-0.39, 0.29) is 6.54 Å². The van der Waals surface area contributed by atoms with Gasteiger partial charge >= 0.3 is 0 Å². The molecule has 7 nitrogen and oxygen atoms in total. The standard InChI is InChI=1S/C25H19N3O4S2/c1-26-19-9-10-22-20(15-19)28(12-13-34(29,30)31)24(32-22)16-25-27(2)21-14-18(8-11-23(21)33-25)17-6-4-3-5-7-17/h3-11,14-16H,12-13H2,2H3. The monoisotopic (exact) mass is 489 g/mol. The second-order valence-corrected chi connectivity index (χ2v) is 10.4. The van der Waals surface area contributed by atoms with E-state index in [9.17, 15) is 13.0 Å². The van der Waals surface area contributed by atoms with E-state index in [4.69, 9.17) is 11.3 Å². The van der Waals surface area contributed by atoms with Crippen molar-refractivity contribution in [1.29, 1.82) is 0 Å². The molecule has 1 aliphatic heterocycles. The van der Waals surface area contributed by atoms with Gasteiger partial charge in [0.1, 0.15) is 11.7 Å². The van der Waals surface area contributed by atoms with Crippen molar-refractivity contribution in [2.75, 3.05) is 17.2 Å². The molecule has 0 amide bonds. The second-order valence-electron chi connectivity index (χ2n) is 7.81. The van der Waals surface area contributed by atoms with Gasteiger partial charge in [-0.15, -0.1) is 0 Å². The predicted molar refractivity (Wildman–Crippen MR) is 132 cm³/mol. The van der Waals surface area contributed by atoms with E-state index in [1.165, 1.54) is 0 Å². The SMILES string of the molecule is [C-]#[N+]c1ccc2c(c1)N(CCS(=O)(=O)[O-])/C(=C/c1sc3ccc(-c4ccccc4)cc3[n+]1C)O2. The fourth-order valence-electron chi connectivity index (χ4n) is 3.91. The zero-order valence-electron chi connectivity index (χ0n) is 18.1. The highest BCUT2D eigenvalue weighted by molar-refractivity contribution is 7.85. The highest BCUT2D eigenvalue weighted by atomic mass is 32.2. The van der Waals surface area contributed by atoms with Crippen LogP contribution in [0.1, 0.15) is 5.01 Å². The van der Waals surface area contributed by atoms with Gasteiger partial charge in [0.25, 0.3) is 5.01 Å². The molecule has 9 heteroatoms. The van der Waals surface area contributed by atoms with Crippen molar-refractivity contribution in [1.82, 2.24) is 0 Å². The summed E-state index contributed by atoms with van der Waals surface area (Å²) in [5.41, 5.74) is 4.26. The van der Waals surface area contributed by atoms with Gasteiger partial charge in [-0.25, -0.2) is 13.3 Å². The zero-order chi connectivity index (χ0) is 23.9. The van der Waals surface area contributed by atoms with Crippen molar-refractivity contribution >= 4 is 49.1 Å². The first-order valence-electron chi connectivity index (χ1n) is 10.4. The Morgan fingerprint density at radius 3 is 2.65 bits per heavy atom. The molecule has 1 aliphatic rings. The van der Waals surface area contributed by atoms with Crippen LogP contribution in [0.25, 0.3) is 32.3 Å². The van der Waals surface area contributed by atoms with Crippen LogP contribution in [0.5, 0.6) is 5.75 Å². The normalized spacial score (nSPS) is 14.3. The van der Waals surface area contributed by atoms with Gasteiger partial charge in [0.05, 0.1) is 34.2 Å². The van der Waals surface area contributed by atoms with Crippen molar-refractivity contribution in [3.05, 3.63) is 89.0 Å². The fraction of sp³-hybridized carbons (Fsp3) is 0.120. The molecule has 3 aromatic carbocycles. The lowest BCUT2D eigenvalue weighted by Crippen LogP contribution is -2.31. The van der Waals surface area contributed by atoms with E-state index < -0.39 is 15.9 Å². The zero-order valence-corrected chi connectivity index (χ0v) is 19.8. The molecule has 1 aromatic heterocycles. The third-order valence-electron chi connectivity index (χ3n) is 5.63. The van der Waals surface area contributed by atoms with E-state index in [1.807, 2.05) is 31.3 Å². The Balaban J connectivity index is 1.56. The second kappa shape index (κ2) is 8.57. The molecule has 0 saturated carbocycles. The molecule has 0 bridgehead atoms. The molecule has 0 radical (unpaired) electrons. The Hall–Kier alpha value is -3.71. The first kappa shape index (κ1) is 22.1. The van der Waals surface area contributed by atoms with Gasteiger partial charge in [-0.3, -0.25) is 0 Å². The molecule has 0 saturated heterocycles. The summed E-state index contributed by atoms with van der Waals surface area (Å²) in [6.45, 7) is 7.21. The van der Waals surface area contributed by atoms with Crippen LogP contribution < -0.4 is 14.2 Å². The topological polar surface area (TPSA) is 77.9 Å². The first-order valence-corrected chi connectivity index (χ1v) is 12.8. The minimum absolute atomic E-state index is 0.0706. The van der Waals surface area contributed by atoms with E-state index in [2.05, 4.69) is 39.7 Å². The van der Waals surface area contributed by atoms with Gasteiger partial charge in [0.15, 0.2) is 11.4 Å². The number of ether oxygens (including phenoxy) is 1. The van der Waals surface area contributed by atoms with E-state index >= 15 is 0 Å². The number of aromatic nitrogens is 1. The highest BCUT2D eigenvalue weighted by Crippen LogP contribution is 2.42. The number of nitrogens with zero attached hydrogens (tertiary/aromatic N) is 3. The highest BCUT2D eigenvalue weighted by Gasteiger charge is 2.29. The number of anilines is 1. The van der Waals surface area contributed by atoms with E-state index in [1.54, 1.807) is 34.4 Å². The maximum Gasteiger partial charge on any atom is 0.267 e. The summed E-state index contributed by atoms with van der Waals surface area (Å²) in [4.78, 5) is 5.08. The summed E-state index contributed by atoms with van der Waals surface area (Å²) < 4.78 is 43.1. The Labute approximate surface area is 201 Å². The lowest BCUT2D eigenvalue weighted by molar-refractivity contribution is -0.642. The molecule has 0 N–H and O–H groups in total. The summed E-state index contributed by atoms with van der Waals surface area (Å²) in [5, 5.41) is 0.892. The number of fused-ring (bicyclic) bond motifs is 2. The molecular formula is C25H19N3O4S2. The van der Waals surface area contributed by atoms with Crippen LogP contribution in [-0.4, -0.2) is 25.3 Å². The Bertz CT molecular complexity index is 1590. The van der Waals surface area contributed by atoms with Gasteiger partial charge in [-0.05, 0) is 29.3 Å². The number of hydrogen-bond acceptors (Lipinski definition) is 6. The van der Waals surface area contributed by atoms with Gasteiger partial charge in [-0.2, -0.15) is 4.57 Å². The lowest BCUT2D eigenvalue weighted by atomic mass is 10.1. The molecule has 170 valence electrons. The van der Waals surface area contributed by atoms with Crippen molar-refractivity contribution in [2.24, 2.45) is 7.05 Å². The number of thiazole rings is 1. The molecule has 0 unspecified atom stereocenters. The molecule has 0 atom stereocenters. The molecule has 0 fully saturated rings. The Kier molecular flexibility index (Phi) is 5.57. The van der Waals surface area contributed by atoms with Crippen molar-refractivity contribution in [3.63, 3.8) is 0 Å². The van der Waals surface area contributed by atoms with E-state index in [0.29, 0.717) is 23.0 Å². The van der Waals surface area contributed by atoms with Crippen molar-refractivity contribution < 1.29 is 22.3 Å². The molecule has 0 aliphatic carbocycles. The summed E-state index contributed by atoms with van der Waals surface area (Å²) >= 11 is 1.58. The maximum atomic E-state index is 11.3. The Morgan fingerprint density at radius 2 is 1.91 bits per heavy atom. The largest absolute Gasteiger partial charge is 0.748 e. The minimum atomic E-state index is -4.42. The molecule has 5 rings (SSSR count). The summed E-state index contributed by atoms with van der Waals surface area (Å²) in [6, 6.07) is 21.4. The molecule has 34 heavy (non-hydrogen) atoms. The number of aryl methyl sites for hydroxylation is 1. The van der Waals surface area contributed by atoms with Crippen LogP contribution in [-0.2, 0) is 17.2 Å². The average Bonchev–Trinajstić information content (AvgIpc) is 3.33. The first-order chi connectivity index (χ1) is 16.3. The van der Waals surface area contributed by atoms with Crippen molar-refractivity contribution in [3.8, 4) is 16.9 Å². The minimum Gasteiger partial charge on any atom is -0.748 e. The number of hydrogen-bond donors (Lipinski definition) is 0. The van der Waals surface area contributed by atoms with Crippen LogP contribution in [0.3, 0.4) is 0 Å². The smallest absolute Gasteiger partial charge is 0.267 e. The van der Waals surface area contributed by atoms with Crippen LogP contribution in [0.15, 0.2) is 72.6 Å². The summed E-state index contributed by atoms with van der Waals surface area (Å²) in [6.07, 6.45) is 1.84. The third kappa shape index (κ3) is 4.26. The number of rotatable bonds is 5. The van der Waals surface area contributed by atoms with E-state index in [0.717, 1.165) is 26.4 Å². The maximum absolute atomic E-state index is 11.3. The van der Waals surface area contributed by atoms with Gasteiger partial charge in [-0.1, -0.05) is 53.8 Å². The molecule has 2 heterocycles. The molecule has 4 aromatic rings. The predicted octanol–water partition coefficient (Wildman–Crippen LogP) is 4.69. The molecular weight excluding hydrogens is 470 g/mol. The molecule has 0 spiro atoms. The number of benzene rings is 3. The van der Waals surface area contributed by atoms with Gasteiger partial charge in [0, 0.05) is 12.6 Å². The van der Waals surface area contributed by atoms with Gasteiger partial charge in [0.2, 0.25) is 11.4 Å². The lowest BCUT2D eigenvalue weighted by Gasteiger charge is -2.19. The summed E-state index contributed by atoms with van der Waals surface area (Å²) in [5.74, 6) is 0.345. The Morgan fingerprint density at radius 1 is 1.12 bits per heavy atom. The van der Waals surface area contributed by atoms with Crippen LogP contribution in [0.4, 0.5) is 11.4 Å². The van der Waals surface area contributed by atoms with Crippen LogP contribution in [0.2, 0.25) is 0 Å². The fourth-order valence-corrected chi connectivity index (χ4v) is 5.37. The third-order valence-corrected chi connectivity index (χ3v) is 7.48.